The van der Waals surface area contributed by atoms with E-state index in [1.165, 1.54) is 0 Å². The molecule has 1 rings (SSSR count). The smallest absolute Gasteiger partial charge is 0.249 e. The van der Waals surface area contributed by atoms with Gasteiger partial charge in [0.2, 0.25) is 5.91 Å². The number of rotatable bonds is 6. The highest BCUT2D eigenvalue weighted by molar-refractivity contribution is 5.81. The summed E-state index contributed by atoms with van der Waals surface area (Å²) in [6, 6.07) is 0. The van der Waals surface area contributed by atoms with E-state index in [0.29, 0.717) is 6.54 Å². The lowest BCUT2D eigenvalue weighted by molar-refractivity contribution is -0.132. The molecule has 1 saturated heterocycles. The summed E-state index contributed by atoms with van der Waals surface area (Å²) >= 11 is 0. The van der Waals surface area contributed by atoms with E-state index >= 15 is 0 Å². The molecule has 2 N–H and O–H groups in total. The fraction of sp³-hybridized carbons (Fsp3) is 0.923. The first kappa shape index (κ1) is 14.5. The third kappa shape index (κ3) is 3.68. The Kier molecular flexibility index (Phi) is 5.40. The quantitative estimate of drug-likeness (QED) is 0.742. The van der Waals surface area contributed by atoms with Crippen molar-refractivity contribution >= 4 is 5.91 Å². The van der Waals surface area contributed by atoms with Crippen LogP contribution < -0.4 is 5.32 Å². The molecule has 0 bridgehead atoms. The van der Waals surface area contributed by atoms with Crippen LogP contribution in [0.3, 0.4) is 0 Å². The largest absolute Gasteiger partial charge is 0.396 e. The number of hydrogen-bond acceptors (Lipinski definition) is 3. The summed E-state index contributed by atoms with van der Waals surface area (Å²) in [5.41, 5.74) is -0.181. The topological polar surface area (TPSA) is 58.6 Å². The van der Waals surface area contributed by atoms with Gasteiger partial charge in [0.15, 0.2) is 0 Å². The minimum absolute atomic E-state index is 0.0333. The first-order valence-corrected chi connectivity index (χ1v) is 6.61. The predicted molar refractivity (Wildman–Crippen MR) is 66.7 cm³/mol. The lowest BCUT2D eigenvalue weighted by Crippen LogP contribution is -2.43. The van der Waals surface area contributed by atoms with E-state index in [1.807, 2.05) is 20.8 Å². The Bertz CT molecular complexity index is 243. The summed E-state index contributed by atoms with van der Waals surface area (Å²) in [6.07, 6.45) is 3.37. The third-order valence-electron chi connectivity index (χ3n) is 4.00. The number of aliphatic hydroxyl groups is 1. The lowest BCUT2D eigenvalue weighted by atomic mass is 9.83. The second-order valence-electron chi connectivity index (χ2n) is 5.10. The number of ether oxygens (including phenoxy) is 1. The molecule has 0 radical (unpaired) electrons. The van der Waals surface area contributed by atoms with E-state index in [0.717, 1.165) is 25.7 Å². The molecular formula is C13H25NO3. The fourth-order valence-corrected chi connectivity index (χ4v) is 2.16. The van der Waals surface area contributed by atoms with Crippen molar-refractivity contribution in [2.45, 2.75) is 58.7 Å². The van der Waals surface area contributed by atoms with Gasteiger partial charge < -0.3 is 15.2 Å². The van der Waals surface area contributed by atoms with Gasteiger partial charge in [-0.15, -0.1) is 0 Å². The van der Waals surface area contributed by atoms with Crippen LogP contribution in [0.1, 0.15) is 46.5 Å². The molecule has 1 aliphatic rings. The van der Waals surface area contributed by atoms with E-state index in [2.05, 4.69) is 5.32 Å². The molecule has 0 aliphatic carbocycles. The van der Waals surface area contributed by atoms with E-state index in [4.69, 9.17) is 4.74 Å². The van der Waals surface area contributed by atoms with Crippen LogP contribution >= 0.6 is 0 Å². The summed E-state index contributed by atoms with van der Waals surface area (Å²) in [4.78, 5) is 11.9. The van der Waals surface area contributed by atoms with Crippen molar-refractivity contribution in [3.63, 3.8) is 0 Å². The zero-order chi connectivity index (χ0) is 12.9. The Labute approximate surface area is 104 Å². The molecule has 0 aromatic rings. The zero-order valence-corrected chi connectivity index (χ0v) is 11.2. The van der Waals surface area contributed by atoms with Crippen molar-refractivity contribution in [1.82, 2.24) is 5.32 Å². The first-order valence-electron chi connectivity index (χ1n) is 6.61. The van der Waals surface area contributed by atoms with Crippen molar-refractivity contribution in [2.24, 2.45) is 5.41 Å². The summed E-state index contributed by atoms with van der Waals surface area (Å²) in [5.74, 6) is -0.0333. The van der Waals surface area contributed by atoms with Gasteiger partial charge in [-0.3, -0.25) is 4.79 Å². The molecule has 4 nitrogen and oxygen atoms in total. The van der Waals surface area contributed by atoms with Crippen LogP contribution in [0.4, 0.5) is 0 Å². The second-order valence-corrected chi connectivity index (χ2v) is 5.10. The van der Waals surface area contributed by atoms with Crippen LogP contribution in [-0.2, 0) is 9.53 Å². The standard InChI is InChI=1S/C13H25NO3/c1-4-13(5-2,9-15)8-14-12(16)11-7-6-10(3)17-11/h10-11,15H,4-9H2,1-3H3,(H,14,16). The molecular weight excluding hydrogens is 218 g/mol. The van der Waals surface area contributed by atoms with Gasteiger partial charge in [0.1, 0.15) is 6.10 Å². The van der Waals surface area contributed by atoms with Crippen LogP contribution in [-0.4, -0.2) is 36.4 Å². The highest BCUT2D eigenvalue weighted by Crippen LogP contribution is 2.25. The zero-order valence-electron chi connectivity index (χ0n) is 11.2. The number of carbonyl (C=O) groups excluding carboxylic acids is 1. The molecule has 2 unspecified atom stereocenters. The molecule has 0 aromatic carbocycles. The third-order valence-corrected chi connectivity index (χ3v) is 4.00. The van der Waals surface area contributed by atoms with E-state index in [9.17, 15) is 9.90 Å². The summed E-state index contributed by atoms with van der Waals surface area (Å²) in [5, 5.41) is 12.3. The molecule has 2 atom stereocenters. The minimum atomic E-state index is -0.296. The molecule has 100 valence electrons. The molecule has 4 heteroatoms. The van der Waals surface area contributed by atoms with Crippen LogP contribution in [0, 0.1) is 5.41 Å². The van der Waals surface area contributed by atoms with Crippen LogP contribution in [0.2, 0.25) is 0 Å². The molecule has 0 spiro atoms. The van der Waals surface area contributed by atoms with Gasteiger partial charge in [-0.1, -0.05) is 13.8 Å². The molecule has 1 heterocycles. The van der Waals surface area contributed by atoms with Crippen molar-refractivity contribution in [3.8, 4) is 0 Å². The van der Waals surface area contributed by atoms with E-state index in [-0.39, 0.29) is 30.1 Å². The van der Waals surface area contributed by atoms with Crippen molar-refractivity contribution < 1.29 is 14.6 Å². The van der Waals surface area contributed by atoms with Gasteiger partial charge in [-0.25, -0.2) is 0 Å². The minimum Gasteiger partial charge on any atom is -0.396 e. The number of hydrogen-bond donors (Lipinski definition) is 2. The van der Waals surface area contributed by atoms with Crippen LogP contribution in [0.25, 0.3) is 0 Å². The van der Waals surface area contributed by atoms with E-state index < -0.39 is 0 Å². The van der Waals surface area contributed by atoms with E-state index in [1.54, 1.807) is 0 Å². The van der Waals surface area contributed by atoms with Crippen molar-refractivity contribution in [2.75, 3.05) is 13.2 Å². The Morgan fingerprint density at radius 2 is 2.06 bits per heavy atom. The number of aliphatic hydroxyl groups excluding tert-OH is 1. The first-order chi connectivity index (χ1) is 8.06. The summed E-state index contributed by atoms with van der Waals surface area (Å²) < 4.78 is 5.51. The Hall–Kier alpha value is -0.610. The summed E-state index contributed by atoms with van der Waals surface area (Å²) in [7, 11) is 0. The number of carbonyl (C=O) groups is 1. The Morgan fingerprint density at radius 1 is 1.41 bits per heavy atom. The molecule has 17 heavy (non-hydrogen) atoms. The van der Waals surface area contributed by atoms with Crippen LogP contribution in [0.15, 0.2) is 0 Å². The predicted octanol–water partition coefficient (Wildman–Crippen LogP) is 1.47. The maximum absolute atomic E-state index is 11.9. The Balaban J connectivity index is 2.41. The summed E-state index contributed by atoms with van der Waals surface area (Å²) in [6.45, 7) is 6.72. The van der Waals surface area contributed by atoms with Gasteiger partial charge in [0.05, 0.1) is 12.7 Å². The number of nitrogens with one attached hydrogen (secondary N) is 1. The maximum atomic E-state index is 11.9. The van der Waals surface area contributed by atoms with Gasteiger partial charge in [0, 0.05) is 12.0 Å². The van der Waals surface area contributed by atoms with Gasteiger partial charge in [-0.05, 0) is 32.6 Å². The molecule has 0 aromatic heterocycles. The second kappa shape index (κ2) is 6.36. The molecule has 0 saturated carbocycles. The number of amides is 1. The molecule has 1 fully saturated rings. The van der Waals surface area contributed by atoms with Crippen LogP contribution in [0.5, 0.6) is 0 Å². The lowest BCUT2D eigenvalue weighted by Gasteiger charge is -2.30. The van der Waals surface area contributed by atoms with Gasteiger partial charge in [-0.2, -0.15) is 0 Å². The Morgan fingerprint density at radius 3 is 2.47 bits per heavy atom. The normalized spacial score (nSPS) is 24.9. The monoisotopic (exact) mass is 243 g/mol. The van der Waals surface area contributed by atoms with Crippen molar-refractivity contribution in [3.05, 3.63) is 0 Å². The molecule has 1 aliphatic heterocycles. The fourth-order valence-electron chi connectivity index (χ4n) is 2.16. The van der Waals surface area contributed by atoms with Gasteiger partial charge in [0.25, 0.3) is 0 Å². The van der Waals surface area contributed by atoms with Crippen molar-refractivity contribution in [1.29, 1.82) is 0 Å². The van der Waals surface area contributed by atoms with Gasteiger partial charge >= 0.3 is 0 Å². The molecule has 1 amide bonds. The average molecular weight is 243 g/mol. The highest BCUT2D eigenvalue weighted by Gasteiger charge is 2.31. The highest BCUT2D eigenvalue weighted by atomic mass is 16.5. The average Bonchev–Trinajstić information content (AvgIpc) is 2.78. The SMILES string of the molecule is CCC(CC)(CO)CNC(=O)C1CCC(C)O1. The maximum Gasteiger partial charge on any atom is 0.249 e.